The average molecular weight is 510 g/mol. The number of rotatable bonds is 6. The standard InChI is InChI=1S/C25H18F3N5O2S/c1-15-10-16(6-8-22(15)35-25(26,27)28)23-9-7-18(36-23)14-33(17-11-30-31-12-17)24(34)21-13-29-19-4-2-3-5-20(19)32-21/h2-13H,14H2,1H3,(H,30,31). The van der Waals surface area contributed by atoms with Gasteiger partial charge in [-0.15, -0.1) is 24.5 Å². The molecule has 5 rings (SSSR count). The summed E-state index contributed by atoms with van der Waals surface area (Å²) in [6, 6.07) is 15.6. The normalized spacial score (nSPS) is 11.6. The molecule has 0 atom stereocenters. The van der Waals surface area contributed by atoms with Gasteiger partial charge in [-0.05, 0) is 60.5 Å². The number of H-pyrrole nitrogens is 1. The van der Waals surface area contributed by atoms with E-state index >= 15 is 0 Å². The summed E-state index contributed by atoms with van der Waals surface area (Å²) in [6.07, 6.45) is -0.140. The molecule has 0 radical (unpaired) electrons. The van der Waals surface area contributed by atoms with E-state index in [1.54, 1.807) is 42.4 Å². The van der Waals surface area contributed by atoms with E-state index < -0.39 is 6.36 Å². The Kier molecular flexibility index (Phi) is 6.15. The molecule has 182 valence electrons. The molecule has 0 spiro atoms. The zero-order chi connectivity index (χ0) is 25.3. The van der Waals surface area contributed by atoms with Crippen molar-refractivity contribution in [3.05, 3.63) is 89.3 Å². The van der Waals surface area contributed by atoms with Gasteiger partial charge in [0.05, 0.1) is 35.7 Å². The summed E-state index contributed by atoms with van der Waals surface area (Å²) in [7, 11) is 0. The number of fused-ring (bicyclic) bond motifs is 1. The molecule has 3 aromatic heterocycles. The summed E-state index contributed by atoms with van der Waals surface area (Å²) >= 11 is 1.43. The zero-order valence-electron chi connectivity index (χ0n) is 18.8. The van der Waals surface area contributed by atoms with Crippen molar-refractivity contribution >= 4 is 34.0 Å². The maximum Gasteiger partial charge on any atom is 0.573 e. The van der Waals surface area contributed by atoms with Gasteiger partial charge in [-0.3, -0.25) is 19.8 Å². The lowest BCUT2D eigenvalue weighted by Crippen LogP contribution is -2.30. The summed E-state index contributed by atoms with van der Waals surface area (Å²) in [5.41, 5.74) is 3.18. The van der Waals surface area contributed by atoms with Gasteiger partial charge >= 0.3 is 6.36 Å². The summed E-state index contributed by atoms with van der Waals surface area (Å²) in [5, 5.41) is 6.69. The van der Waals surface area contributed by atoms with Crippen molar-refractivity contribution in [1.82, 2.24) is 20.2 Å². The number of aromatic nitrogens is 4. The number of anilines is 1. The van der Waals surface area contributed by atoms with Gasteiger partial charge in [0.25, 0.3) is 5.91 Å². The first-order valence-electron chi connectivity index (χ1n) is 10.7. The van der Waals surface area contributed by atoms with E-state index in [1.807, 2.05) is 30.3 Å². The van der Waals surface area contributed by atoms with Crippen molar-refractivity contribution in [2.75, 3.05) is 4.90 Å². The molecule has 7 nitrogen and oxygen atoms in total. The van der Waals surface area contributed by atoms with Gasteiger partial charge in [-0.2, -0.15) is 5.10 Å². The quantitative estimate of drug-likeness (QED) is 0.298. The van der Waals surface area contributed by atoms with Crippen molar-refractivity contribution in [2.45, 2.75) is 19.8 Å². The first-order valence-corrected chi connectivity index (χ1v) is 11.6. The number of carbonyl (C=O) groups is 1. The van der Waals surface area contributed by atoms with Crippen LogP contribution in [-0.2, 0) is 6.54 Å². The van der Waals surface area contributed by atoms with Gasteiger partial charge < -0.3 is 4.74 Å². The first kappa shape index (κ1) is 23.5. The second kappa shape index (κ2) is 9.42. The van der Waals surface area contributed by atoms with Gasteiger partial charge in [0.1, 0.15) is 11.4 Å². The second-order valence-corrected chi connectivity index (χ2v) is 9.05. The van der Waals surface area contributed by atoms with Crippen LogP contribution in [0.3, 0.4) is 0 Å². The van der Waals surface area contributed by atoms with Gasteiger partial charge in [-0.25, -0.2) is 4.98 Å². The molecule has 0 saturated heterocycles. The maximum atomic E-state index is 13.4. The number of aryl methyl sites for hydroxylation is 1. The highest BCUT2D eigenvalue weighted by atomic mass is 32.1. The number of carbonyl (C=O) groups excluding carboxylic acids is 1. The second-order valence-electron chi connectivity index (χ2n) is 7.89. The van der Waals surface area contributed by atoms with Crippen molar-refractivity contribution in [3.8, 4) is 16.2 Å². The third-order valence-electron chi connectivity index (χ3n) is 5.37. The van der Waals surface area contributed by atoms with Crippen LogP contribution in [0.5, 0.6) is 5.75 Å². The Hall–Kier alpha value is -4.25. The van der Waals surface area contributed by atoms with Gasteiger partial charge in [0.15, 0.2) is 0 Å². The van der Waals surface area contributed by atoms with E-state index in [2.05, 4.69) is 24.9 Å². The van der Waals surface area contributed by atoms with E-state index in [-0.39, 0.29) is 23.9 Å². The van der Waals surface area contributed by atoms with Crippen LogP contribution in [0.15, 0.2) is 73.2 Å². The molecule has 0 saturated carbocycles. The smallest absolute Gasteiger partial charge is 0.406 e. The minimum atomic E-state index is -4.75. The Labute approximate surface area is 207 Å². The number of alkyl halides is 3. The van der Waals surface area contributed by atoms with Crippen LogP contribution < -0.4 is 9.64 Å². The number of hydrogen-bond donors (Lipinski definition) is 1. The molecule has 3 heterocycles. The highest BCUT2D eigenvalue weighted by Gasteiger charge is 2.31. The Morgan fingerprint density at radius 1 is 1.08 bits per heavy atom. The number of benzene rings is 2. The number of halogens is 3. The number of nitrogens with one attached hydrogen (secondary N) is 1. The lowest BCUT2D eigenvalue weighted by Gasteiger charge is -2.20. The predicted molar refractivity (Wildman–Crippen MR) is 130 cm³/mol. The minimum Gasteiger partial charge on any atom is -0.406 e. The molecular formula is C25H18F3N5O2S. The Morgan fingerprint density at radius 2 is 1.89 bits per heavy atom. The molecule has 11 heteroatoms. The van der Waals surface area contributed by atoms with Gasteiger partial charge in [0, 0.05) is 16.0 Å². The molecule has 36 heavy (non-hydrogen) atoms. The van der Waals surface area contributed by atoms with Crippen molar-refractivity contribution in [3.63, 3.8) is 0 Å². The van der Waals surface area contributed by atoms with E-state index in [1.165, 1.54) is 23.6 Å². The molecule has 0 aliphatic carbocycles. The molecule has 0 aliphatic rings. The van der Waals surface area contributed by atoms with E-state index in [0.29, 0.717) is 22.3 Å². The molecule has 1 N–H and O–H groups in total. The first-order chi connectivity index (χ1) is 17.3. The van der Waals surface area contributed by atoms with Crippen LogP contribution in [-0.4, -0.2) is 32.4 Å². The van der Waals surface area contributed by atoms with Crippen LogP contribution >= 0.6 is 11.3 Å². The monoisotopic (exact) mass is 509 g/mol. The van der Waals surface area contributed by atoms with Gasteiger partial charge in [0.2, 0.25) is 0 Å². The number of amides is 1. The van der Waals surface area contributed by atoms with Crippen molar-refractivity contribution < 1.29 is 22.7 Å². The molecular weight excluding hydrogens is 491 g/mol. The summed E-state index contributed by atoms with van der Waals surface area (Å²) in [5.74, 6) is -0.578. The van der Waals surface area contributed by atoms with Crippen LogP contribution in [0.1, 0.15) is 20.9 Å². The highest BCUT2D eigenvalue weighted by Crippen LogP contribution is 2.34. The molecule has 2 aromatic carbocycles. The van der Waals surface area contributed by atoms with Gasteiger partial charge in [-0.1, -0.05) is 12.1 Å². The third kappa shape index (κ3) is 5.05. The van der Waals surface area contributed by atoms with E-state index in [9.17, 15) is 18.0 Å². The fraction of sp³-hybridized carbons (Fsp3) is 0.120. The SMILES string of the molecule is Cc1cc(-c2ccc(CN(C(=O)c3cnc4ccccc4n3)c3cn[nH]c3)s2)ccc1OC(F)(F)F. The molecule has 1 amide bonds. The summed E-state index contributed by atoms with van der Waals surface area (Å²) in [6.45, 7) is 1.80. The minimum absolute atomic E-state index is 0.197. The third-order valence-corrected chi connectivity index (χ3v) is 6.49. The fourth-order valence-electron chi connectivity index (χ4n) is 3.69. The largest absolute Gasteiger partial charge is 0.573 e. The van der Waals surface area contributed by atoms with E-state index in [0.717, 1.165) is 15.3 Å². The number of para-hydroxylation sites is 2. The van der Waals surface area contributed by atoms with Crippen molar-refractivity contribution in [1.29, 1.82) is 0 Å². The Bertz CT molecular complexity index is 1530. The van der Waals surface area contributed by atoms with Crippen LogP contribution in [0.25, 0.3) is 21.5 Å². The topological polar surface area (TPSA) is 84.0 Å². The van der Waals surface area contributed by atoms with Crippen LogP contribution in [0, 0.1) is 6.92 Å². The maximum absolute atomic E-state index is 13.4. The number of ether oxygens (including phenoxy) is 1. The fourth-order valence-corrected chi connectivity index (χ4v) is 4.68. The zero-order valence-corrected chi connectivity index (χ0v) is 19.6. The lowest BCUT2D eigenvalue weighted by molar-refractivity contribution is -0.274. The number of thiophene rings is 1. The lowest BCUT2D eigenvalue weighted by atomic mass is 10.1. The molecule has 0 unspecified atom stereocenters. The summed E-state index contributed by atoms with van der Waals surface area (Å²) < 4.78 is 41.8. The number of hydrogen-bond acceptors (Lipinski definition) is 6. The van der Waals surface area contributed by atoms with Crippen LogP contribution in [0.2, 0.25) is 0 Å². The Morgan fingerprint density at radius 3 is 2.61 bits per heavy atom. The number of nitrogens with zero attached hydrogens (tertiary/aromatic N) is 4. The van der Waals surface area contributed by atoms with Crippen molar-refractivity contribution in [2.24, 2.45) is 0 Å². The molecule has 0 fully saturated rings. The Balaban J connectivity index is 1.41. The molecule has 0 bridgehead atoms. The van der Waals surface area contributed by atoms with E-state index in [4.69, 9.17) is 0 Å². The molecule has 0 aliphatic heterocycles. The van der Waals surface area contributed by atoms with Crippen LogP contribution in [0.4, 0.5) is 18.9 Å². The average Bonchev–Trinajstić information content (AvgIpc) is 3.55. The number of aromatic amines is 1. The molecule has 5 aromatic rings. The highest BCUT2D eigenvalue weighted by molar-refractivity contribution is 7.15. The predicted octanol–water partition coefficient (Wildman–Crippen LogP) is 6.14. The summed E-state index contributed by atoms with van der Waals surface area (Å²) in [4.78, 5) is 25.5.